The molecule has 0 saturated carbocycles. The van der Waals surface area contributed by atoms with E-state index in [-0.39, 0.29) is 17.6 Å². The van der Waals surface area contributed by atoms with Crippen LogP contribution in [0.4, 0.5) is 4.39 Å². The minimum atomic E-state index is -0.268. The Kier molecular flexibility index (Phi) is 6.11. The molecule has 7 heteroatoms. The summed E-state index contributed by atoms with van der Waals surface area (Å²) < 4.78 is 13.4. The molecule has 6 nitrogen and oxygen atoms in total. The summed E-state index contributed by atoms with van der Waals surface area (Å²) in [4.78, 5) is 24.0. The molecular formula is C24H28FN5O. The van der Waals surface area contributed by atoms with Gasteiger partial charge in [-0.05, 0) is 63.3 Å². The summed E-state index contributed by atoms with van der Waals surface area (Å²) in [7, 11) is 0. The van der Waals surface area contributed by atoms with E-state index in [1.807, 2.05) is 31.9 Å². The topological polar surface area (TPSA) is 74.8 Å². The highest BCUT2D eigenvalue weighted by Crippen LogP contribution is 2.33. The lowest BCUT2D eigenvalue weighted by Crippen LogP contribution is -2.39. The first-order valence-corrected chi connectivity index (χ1v) is 10.8. The predicted octanol–water partition coefficient (Wildman–Crippen LogP) is 4.27. The van der Waals surface area contributed by atoms with Crippen LogP contribution in [0.5, 0.6) is 0 Å². The van der Waals surface area contributed by atoms with Gasteiger partial charge in [0.1, 0.15) is 11.6 Å². The SMILES string of the molecule is Cc1ncc(-c2ccc(F)cc2)c([C@H]2CCCN(C(=O)CCc3c(C)n[nH]c3C)C2)n1. The van der Waals surface area contributed by atoms with Gasteiger partial charge in [-0.15, -0.1) is 0 Å². The summed E-state index contributed by atoms with van der Waals surface area (Å²) in [6.45, 7) is 7.25. The third kappa shape index (κ3) is 4.65. The molecule has 1 aliphatic rings. The average Bonchev–Trinajstić information content (AvgIpc) is 3.10. The number of rotatable bonds is 5. The van der Waals surface area contributed by atoms with Gasteiger partial charge in [0.2, 0.25) is 5.91 Å². The molecule has 3 aromatic rings. The molecule has 1 atom stereocenters. The Labute approximate surface area is 181 Å². The van der Waals surface area contributed by atoms with Crippen LogP contribution in [0.25, 0.3) is 11.1 Å². The number of carbonyl (C=O) groups is 1. The van der Waals surface area contributed by atoms with Crippen molar-refractivity contribution >= 4 is 5.91 Å². The van der Waals surface area contributed by atoms with Crippen LogP contribution in [0.1, 0.15) is 53.7 Å². The Balaban J connectivity index is 1.51. The zero-order valence-electron chi connectivity index (χ0n) is 18.3. The van der Waals surface area contributed by atoms with Crippen LogP contribution in [0, 0.1) is 26.6 Å². The molecule has 4 rings (SSSR count). The number of hydrogen-bond acceptors (Lipinski definition) is 4. The Hall–Kier alpha value is -3.09. The molecule has 162 valence electrons. The van der Waals surface area contributed by atoms with Gasteiger partial charge in [0.25, 0.3) is 0 Å². The van der Waals surface area contributed by atoms with Gasteiger partial charge in [-0.1, -0.05) is 12.1 Å². The minimum absolute atomic E-state index is 0.136. The summed E-state index contributed by atoms with van der Waals surface area (Å²) in [6.07, 6.45) is 4.89. The van der Waals surface area contributed by atoms with E-state index in [4.69, 9.17) is 4.98 Å². The van der Waals surface area contributed by atoms with E-state index in [0.29, 0.717) is 25.2 Å². The molecule has 1 N–H and O–H groups in total. The Morgan fingerprint density at radius 2 is 2.00 bits per heavy atom. The largest absolute Gasteiger partial charge is 0.342 e. The Morgan fingerprint density at radius 1 is 1.23 bits per heavy atom. The van der Waals surface area contributed by atoms with E-state index in [0.717, 1.165) is 53.2 Å². The number of H-pyrrole nitrogens is 1. The van der Waals surface area contributed by atoms with Crippen LogP contribution in [0.3, 0.4) is 0 Å². The average molecular weight is 422 g/mol. The van der Waals surface area contributed by atoms with Crippen LogP contribution in [-0.4, -0.2) is 44.1 Å². The predicted molar refractivity (Wildman–Crippen MR) is 117 cm³/mol. The number of nitrogens with zero attached hydrogens (tertiary/aromatic N) is 4. The zero-order chi connectivity index (χ0) is 22.0. The van der Waals surface area contributed by atoms with Crippen molar-refractivity contribution in [2.45, 2.75) is 52.4 Å². The number of halogens is 1. The van der Waals surface area contributed by atoms with Gasteiger partial charge in [0.15, 0.2) is 0 Å². The van der Waals surface area contributed by atoms with Crippen molar-refractivity contribution in [2.24, 2.45) is 0 Å². The monoisotopic (exact) mass is 421 g/mol. The second-order valence-corrected chi connectivity index (χ2v) is 8.31. The molecular weight excluding hydrogens is 393 g/mol. The number of likely N-dealkylation sites (tertiary alicyclic amines) is 1. The summed E-state index contributed by atoms with van der Waals surface area (Å²) in [5, 5.41) is 7.21. The quantitative estimate of drug-likeness (QED) is 0.668. The van der Waals surface area contributed by atoms with Gasteiger partial charge >= 0.3 is 0 Å². The number of hydrogen-bond donors (Lipinski definition) is 1. The lowest BCUT2D eigenvalue weighted by Gasteiger charge is -2.33. The molecule has 1 aliphatic heterocycles. The van der Waals surface area contributed by atoms with Gasteiger partial charge in [-0.3, -0.25) is 9.89 Å². The van der Waals surface area contributed by atoms with Gasteiger partial charge in [-0.2, -0.15) is 5.10 Å². The van der Waals surface area contributed by atoms with Crippen LogP contribution < -0.4 is 0 Å². The van der Waals surface area contributed by atoms with Crippen LogP contribution in [-0.2, 0) is 11.2 Å². The summed E-state index contributed by atoms with van der Waals surface area (Å²) in [6, 6.07) is 6.42. The molecule has 0 spiro atoms. The number of aryl methyl sites for hydroxylation is 3. The second kappa shape index (κ2) is 8.96. The molecule has 3 heterocycles. The van der Waals surface area contributed by atoms with Crippen molar-refractivity contribution in [3.63, 3.8) is 0 Å². The molecule has 0 bridgehead atoms. The first-order valence-electron chi connectivity index (χ1n) is 10.8. The van der Waals surface area contributed by atoms with Crippen molar-refractivity contribution in [3.05, 3.63) is 64.7 Å². The highest BCUT2D eigenvalue weighted by molar-refractivity contribution is 5.77. The van der Waals surface area contributed by atoms with E-state index in [1.165, 1.54) is 12.1 Å². The van der Waals surface area contributed by atoms with Crippen molar-refractivity contribution in [1.82, 2.24) is 25.1 Å². The van der Waals surface area contributed by atoms with E-state index >= 15 is 0 Å². The summed E-state index contributed by atoms with van der Waals surface area (Å²) in [5.41, 5.74) is 5.87. The number of aromatic amines is 1. The van der Waals surface area contributed by atoms with Crippen molar-refractivity contribution in [2.75, 3.05) is 13.1 Å². The normalized spacial score (nSPS) is 16.5. The van der Waals surface area contributed by atoms with Gasteiger partial charge in [0.05, 0.1) is 11.4 Å². The van der Waals surface area contributed by atoms with Crippen LogP contribution >= 0.6 is 0 Å². The number of amides is 1. The molecule has 0 radical (unpaired) electrons. The maximum absolute atomic E-state index is 13.4. The Morgan fingerprint density at radius 3 is 2.71 bits per heavy atom. The van der Waals surface area contributed by atoms with Crippen molar-refractivity contribution in [3.8, 4) is 11.1 Å². The molecule has 1 amide bonds. The number of piperidine rings is 1. The molecule has 2 aromatic heterocycles. The summed E-state index contributed by atoms with van der Waals surface area (Å²) >= 11 is 0. The van der Waals surface area contributed by atoms with Gasteiger partial charge < -0.3 is 4.90 Å². The van der Waals surface area contributed by atoms with E-state index in [1.54, 1.807) is 12.1 Å². The molecule has 1 saturated heterocycles. The molecule has 0 unspecified atom stereocenters. The number of aromatic nitrogens is 4. The third-order valence-electron chi connectivity index (χ3n) is 6.12. The maximum Gasteiger partial charge on any atom is 0.222 e. The van der Waals surface area contributed by atoms with Gasteiger partial charge in [0, 0.05) is 42.9 Å². The first kappa shape index (κ1) is 21.2. The molecule has 1 fully saturated rings. The fourth-order valence-electron chi connectivity index (χ4n) is 4.41. The lowest BCUT2D eigenvalue weighted by molar-refractivity contribution is -0.132. The molecule has 1 aromatic carbocycles. The van der Waals surface area contributed by atoms with E-state index in [9.17, 15) is 9.18 Å². The van der Waals surface area contributed by atoms with Crippen LogP contribution in [0.15, 0.2) is 30.5 Å². The van der Waals surface area contributed by atoms with Crippen LogP contribution in [0.2, 0.25) is 0 Å². The summed E-state index contributed by atoms with van der Waals surface area (Å²) in [5.74, 6) is 0.738. The molecule has 0 aliphatic carbocycles. The molecule has 31 heavy (non-hydrogen) atoms. The highest BCUT2D eigenvalue weighted by Gasteiger charge is 2.28. The Bertz CT molecular complexity index is 1060. The standard InChI is InChI=1S/C24H28FN5O/c1-15-21(16(2)29-28-15)10-11-23(31)30-12-4-5-19(14-30)24-22(13-26-17(3)27-24)18-6-8-20(25)9-7-18/h6-9,13,19H,4-5,10-12,14H2,1-3H3,(H,28,29)/t19-/m0/s1. The fraction of sp³-hybridized carbons (Fsp3) is 0.417. The number of benzene rings is 1. The number of nitrogens with one attached hydrogen (secondary N) is 1. The zero-order valence-corrected chi connectivity index (χ0v) is 18.3. The van der Waals surface area contributed by atoms with E-state index < -0.39 is 0 Å². The number of carbonyl (C=O) groups excluding carboxylic acids is 1. The van der Waals surface area contributed by atoms with Gasteiger partial charge in [-0.25, -0.2) is 14.4 Å². The maximum atomic E-state index is 13.4. The van der Waals surface area contributed by atoms with E-state index in [2.05, 4.69) is 15.2 Å². The van der Waals surface area contributed by atoms with Crippen molar-refractivity contribution < 1.29 is 9.18 Å². The first-order chi connectivity index (χ1) is 14.9. The smallest absolute Gasteiger partial charge is 0.222 e. The lowest BCUT2D eigenvalue weighted by atomic mass is 9.89. The van der Waals surface area contributed by atoms with Crippen molar-refractivity contribution in [1.29, 1.82) is 0 Å². The fourth-order valence-corrected chi connectivity index (χ4v) is 4.41. The minimum Gasteiger partial charge on any atom is -0.342 e. The highest BCUT2D eigenvalue weighted by atomic mass is 19.1. The second-order valence-electron chi connectivity index (χ2n) is 8.31. The third-order valence-corrected chi connectivity index (χ3v) is 6.12.